The smallest absolute Gasteiger partial charge is 0.416 e. The maximum absolute atomic E-state index is 12.9. The van der Waals surface area contributed by atoms with Gasteiger partial charge in [-0.25, -0.2) is 5.43 Å². The Morgan fingerprint density at radius 1 is 1.03 bits per heavy atom. The first-order chi connectivity index (χ1) is 15.3. The number of nitrogens with zero attached hydrogens (tertiary/aromatic N) is 3. The molecule has 2 heterocycles. The Labute approximate surface area is 180 Å². The van der Waals surface area contributed by atoms with Crippen LogP contribution in [0, 0.1) is 18.3 Å². The van der Waals surface area contributed by atoms with Crippen molar-refractivity contribution < 1.29 is 22.0 Å². The van der Waals surface area contributed by atoms with E-state index in [1.54, 1.807) is 12.1 Å². The zero-order valence-corrected chi connectivity index (χ0v) is 16.6. The number of halogens is 3. The topological polar surface area (TPSA) is 87.4 Å². The summed E-state index contributed by atoms with van der Waals surface area (Å²) in [6.07, 6.45) is -3.13. The number of rotatable bonds is 5. The highest BCUT2D eigenvalue weighted by molar-refractivity contribution is 5.78. The van der Waals surface area contributed by atoms with Gasteiger partial charge in [0.2, 0.25) is 11.6 Å². The second-order valence-corrected chi connectivity index (χ2v) is 6.83. The van der Waals surface area contributed by atoms with Crippen LogP contribution in [0.1, 0.15) is 22.6 Å². The summed E-state index contributed by atoms with van der Waals surface area (Å²) in [6.45, 7) is 1.95. The lowest BCUT2D eigenvalue weighted by Crippen LogP contribution is -2.04. The number of nitrogens with one attached hydrogen (secondary N) is 1. The van der Waals surface area contributed by atoms with Crippen molar-refractivity contribution in [2.24, 2.45) is 5.10 Å². The highest BCUT2D eigenvalue weighted by Crippen LogP contribution is 2.32. The number of hydrogen-bond donors (Lipinski definition) is 1. The van der Waals surface area contributed by atoms with Gasteiger partial charge in [0.1, 0.15) is 17.6 Å². The Bertz CT molecular complexity index is 1310. The van der Waals surface area contributed by atoms with E-state index in [0.717, 1.165) is 17.7 Å². The van der Waals surface area contributed by atoms with Crippen molar-refractivity contribution in [1.82, 2.24) is 4.98 Å². The Balaban J connectivity index is 1.49. The molecule has 6 nitrogen and oxygen atoms in total. The normalized spacial score (nSPS) is 11.6. The molecular weight excluding hydrogens is 421 g/mol. The van der Waals surface area contributed by atoms with Gasteiger partial charge in [-0.3, -0.25) is 0 Å². The van der Waals surface area contributed by atoms with E-state index in [1.807, 2.05) is 37.3 Å². The predicted molar refractivity (Wildman–Crippen MR) is 112 cm³/mol. The van der Waals surface area contributed by atoms with Crippen LogP contribution in [-0.2, 0) is 6.18 Å². The summed E-state index contributed by atoms with van der Waals surface area (Å²) in [5.41, 5.74) is 3.94. The number of hydrazone groups is 1. The Kier molecular flexibility index (Phi) is 5.52. The molecule has 0 bridgehead atoms. The molecule has 0 amide bonds. The molecule has 0 aliphatic rings. The molecule has 0 saturated carbocycles. The summed E-state index contributed by atoms with van der Waals surface area (Å²) in [4.78, 5) is 4.15. The fraction of sp³-hybridized carbons (Fsp3) is 0.0870. The third-order valence-electron chi connectivity index (χ3n) is 4.49. The van der Waals surface area contributed by atoms with Crippen molar-refractivity contribution in [2.75, 3.05) is 5.43 Å². The van der Waals surface area contributed by atoms with E-state index in [4.69, 9.17) is 8.83 Å². The number of furan rings is 1. The second-order valence-electron chi connectivity index (χ2n) is 6.83. The Morgan fingerprint density at radius 3 is 2.53 bits per heavy atom. The third-order valence-corrected chi connectivity index (χ3v) is 4.49. The van der Waals surface area contributed by atoms with Gasteiger partial charge in [-0.15, -0.1) is 0 Å². The van der Waals surface area contributed by atoms with Crippen LogP contribution >= 0.6 is 0 Å². The van der Waals surface area contributed by atoms with Crippen molar-refractivity contribution in [3.05, 3.63) is 83.2 Å². The fourth-order valence-electron chi connectivity index (χ4n) is 2.87. The summed E-state index contributed by atoms with van der Waals surface area (Å²) in [5.74, 6) is 0.881. The van der Waals surface area contributed by atoms with E-state index in [2.05, 4.69) is 15.5 Å². The molecule has 2 aromatic carbocycles. The minimum absolute atomic E-state index is 0.0295. The van der Waals surface area contributed by atoms with E-state index < -0.39 is 11.7 Å². The molecule has 2 aromatic heterocycles. The first-order valence-electron chi connectivity index (χ1n) is 9.38. The quantitative estimate of drug-likeness (QED) is 0.295. The summed E-state index contributed by atoms with van der Waals surface area (Å²) < 4.78 is 49.9. The van der Waals surface area contributed by atoms with Gasteiger partial charge in [-0.2, -0.15) is 28.5 Å². The van der Waals surface area contributed by atoms with Crippen molar-refractivity contribution >= 4 is 12.1 Å². The van der Waals surface area contributed by atoms with Crippen LogP contribution in [0.15, 0.2) is 74.6 Å². The number of oxazole rings is 1. The van der Waals surface area contributed by atoms with Crippen molar-refractivity contribution in [1.29, 1.82) is 5.26 Å². The molecule has 0 radical (unpaired) electrons. The van der Waals surface area contributed by atoms with Gasteiger partial charge in [-0.1, -0.05) is 29.8 Å². The lowest BCUT2D eigenvalue weighted by atomic mass is 10.1. The molecule has 0 unspecified atom stereocenters. The Hall–Kier alpha value is -4.32. The molecule has 4 rings (SSSR count). The molecule has 0 saturated heterocycles. The number of alkyl halides is 3. The monoisotopic (exact) mass is 436 g/mol. The number of benzene rings is 2. The van der Waals surface area contributed by atoms with Crippen LogP contribution < -0.4 is 5.43 Å². The number of aromatic nitrogens is 1. The molecule has 32 heavy (non-hydrogen) atoms. The predicted octanol–water partition coefficient (Wildman–Crippen LogP) is 6.25. The van der Waals surface area contributed by atoms with E-state index in [-0.39, 0.29) is 28.8 Å². The molecule has 0 aliphatic carbocycles. The van der Waals surface area contributed by atoms with Crippen LogP contribution in [0.4, 0.5) is 19.1 Å². The van der Waals surface area contributed by atoms with E-state index in [1.165, 1.54) is 18.3 Å². The van der Waals surface area contributed by atoms with Gasteiger partial charge >= 0.3 is 6.18 Å². The Morgan fingerprint density at radius 2 is 1.81 bits per heavy atom. The van der Waals surface area contributed by atoms with Crippen LogP contribution in [0.25, 0.3) is 22.8 Å². The van der Waals surface area contributed by atoms with Gasteiger partial charge in [-0.05, 0) is 43.3 Å². The van der Waals surface area contributed by atoms with Crippen LogP contribution in [0.5, 0.6) is 0 Å². The second kappa shape index (κ2) is 8.43. The minimum atomic E-state index is -4.44. The average molecular weight is 436 g/mol. The molecule has 0 atom stereocenters. The standard InChI is InChI=1S/C23H15F3N4O2/c1-14-5-7-15(8-6-14)21-29-19(12-27)22(32-21)30-28-13-18-9-10-20(31-18)16-3-2-4-17(11-16)23(24,25)26/h2-11,13,30H,1H3/b28-13-. The number of hydrogen-bond acceptors (Lipinski definition) is 6. The first-order valence-corrected chi connectivity index (χ1v) is 9.38. The minimum Gasteiger partial charge on any atom is -0.455 e. The van der Waals surface area contributed by atoms with E-state index >= 15 is 0 Å². The summed E-state index contributed by atoms with van der Waals surface area (Å²) in [6, 6.07) is 17.3. The van der Waals surface area contributed by atoms with Crippen molar-refractivity contribution in [2.45, 2.75) is 13.1 Å². The summed E-state index contributed by atoms with van der Waals surface area (Å²) in [7, 11) is 0. The largest absolute Gasteiger partial charge is 0.455 e. The highest BCUT2D eigenvalue weighted by Gasteiger charge is 2.30. The average Bonchev–Trinajstić information content (AvgIpc) is 3.41. The van der Waals surface area contributed by atoms with Gasteiger partial charge in [0.25, 0.3) is 5.88 Å². The zero-order chi connectivity index (χ0) is 22.7. The molecule has 0 aliphatic heterocycles. The van der Waals surface area contributed by atoms with E-state index in [9.17, 15) is 18.4 Å². The van der Waals surface area contributed by atoms with Crippen LogP contribution in [0.2, 0.25) is 0 Å². The number of nitriles is 1. The summed E-state index contributed by atoms with van der Waals surface area (Å²) in [5, 5.41) is 13.3. The molecule has 0 spiro atoms. The van der Waals surface area contributed by atoms with Crippen molar-refractivity contribution in [3.63, 3.8) is 0 Å². The SMILES string of the molecule is Cc1ccc(-c2nc(C#N)c(N/N=C\c3ccc(-c4cccc(C(F)(F)F)c4)o3)o2)cc1. The summed E-state index contributed by atoms with van der Waals surface area (Å²) >= 11 is 0. The van der Waals surface area contributed by atoms with E-state index in [0.29, 0.717) is 11.3 Å². The number of anilines is 1. The molecule has 160 valence electrons. The third kappa shape index (κ3) is 4.54. The lowest BCUT2D eigenvalue weighted by molar-refractivity contribution is -0.137. The van der Waals surface area contributed by atoms with Gasteiger partial charge in [0.05, 0.1) is 11.8 Å². The fourth-order valence-corrected chi connectivity index (χ4v) is 2.87. The number of aryl methyl sites for hydroxylation is 1. The first kappa shape index (κ1) is 20.9. The van der Waals surface area contributed by atoms with Gasteiger partial charge in [0, 0.05) is 11.1 Å². The van der Waals surface area contributed by atoms with Gasteiger partial charge in [0.15, 0.2) is 0 Å². The van der Waals surface area contributed by atoms with Gasteiger partial charge < -0.3 is 8.83 Å². The molecule has 1 N–H and O–H groups in total. The van der Waals surface area contributed by atoms with Crippen LogP contribution in [0.3, 0.4) is 0 Å². The molecule has 0 fully saturated rings. The highest BCUT2D eigenvalue weighted by atomic mass is 19.4. The maximum atomic E-state index is 12.9. The zero-order valence-electron chi connectivity index (χ0n) is 16.6. The lowest BCUT2D eigenvalue weighted by Gasteiger charge is -2.07. The van der Waals surface area contributed by atoms with Crippen molar-refractivity contribution in [3.8, 4) is 28.8 Å². The molecular formula is C23H15F3N4O2. The molecule has 9 heteroatoms. The maximum Gasteiger partial charge on any atom is 0.416 e. The van der Waals surface area contributed by atoms with Crippen LogP contribution in [-0.4, -0.2) is 11.2 Å². The molecule has 4 aromatic rings.